The Hall–Kier alpha value is -2.29. The highest BCUT2D eigenvalue weighted by Gasteiger charge is 2.28. The summed E-state index contributed by atoms with van der Waals surface area (Å²) in [4.78, 5) is 13.4. The maximum atomic E-state index is 13.4. The van der Waals surface area contributed by atoms with Crippen LogP contribution in [0.25, 0.3) is 0 Å². The van der Waals surface area contributed by atoms with Crippen LogP contribution in [0.5, 0.6) is 11.5 Å². The predicted molar refractivity (Wildman–Crippen MR) is 139 cm³/mol. The van der Waals surface area contributed by atoms with Gasteiger partial charge in [0.25, 0.3) is 0 Å². The van der Waals surface area contributed by atoms with Crippen molar-refractivity contribution in [2.75, 3.05) is 0 Å². The second-order valence-electron chi connectivity index (χ2n) is 11.4. The van der Waals surface area contributed by atoms with Crippen LogP contribution >= 0.6 is 0 Å². The minimum absolute atomic E-state index is 0.270. The monoisotopic (exact) mass is 452 g/mol. The molecule has 0 saturated carbocycles. The topological polar surface area (TPSA) is 46.5 Å². The molecule has 2 aromatic rings. The number of phenols is 1. The van der Waals surface area contributed by atoms with E-state index in [0.717, 1.165) is 60.8 Å². The first-order chi connectivity index (χ1) is 15.3. The van der Waals surface area contributed by atoms with Crippen molar-refractivity contribution in [1.82, 2.24) is 0 Å². The highest BCUT2D eigenvalue weighted by molar-refractivity contribution is 5.92. The first-order valence-corrected chi connectivity index (χ1v) is 12.5. The van der Waals surface area contributed by atoms with Crippen LogP contribution < -0.4 is 4.74 Å². The molecule has 0 aliphatic rings. The first-order valence-electron chi connectivity index (χ1n) is 12.5. The fraction of sp³-hybridized carbons (Fsp3) is 0.567. The van der Waals surface area contributed by atoms with E-state index in [1.807, 2.05) is 48.5 Å². The molecule has 0 amide bonds. The van der Waals surface area contributed by atoms with Crippen LogP contribution in [0.2, 0.25) is 0 Å². The molecule has 0 heterocycles. The number of hydrogen-bond donors (Lipinski definition) is 1. The molecule has 0 aromatic heterocycles. The first kappa shape index (κ1) is 27.0. The number of aromatic hydroxyl groups is 1. The second kappa shape index (κ2) is 10.8. The summed E-state index contributed by atoms with van der Waals surface area (Å²) in [5.41, 5.74) is 4.84. The zero-order valence-electron chi connectivity index (χ0n) is 22.3. The molecule has 0 saturated heterocycles. The van der Waals surface area contributed by atoms with Crippen molar-refractivity contribution in [3.8, 4) is 11.5 Å². The molecule has 0 spiro atoms. The average Bonchev–Trinajstić information content (AvgIpc) is 2.70. The summed E-state index contributed by atoms with van der Waals surface area (Å²) in [5, 5.41) is 11.0. The lowest BCUT2D eigenvalue weighted by atomic mass is 9.78. The van der Waals surface area contributed by atoms with Crippen LogP contribution in [0.15, 0.2) is 24.3 Å². The van der Waals surface area contributed by atoms with Gasteiger partial charge < -0.3 is 9.84 Å². The van der Waals surface area contributed by atoms with E-state index in [0.29, 0.717) is 11.3 Å². The van der Waals surface area contributed by atoms with Crippen LogP contribution in [0, 0.1) is 6.92 Å². The number of rotatable bonds is 8. The van der Waals surface area contributed by atoms with Crippen molar-refractivity contribution >= 4 is 5.97 Å². The zero-order valence-corrected chi connectivity index (χ0v) is 22.3. The molecule has 3 heteroatoms. The van der Waals surface area contributed by atoms with E-state index in [1.165, 1.54) is 5.56 Å². The Morgan fingerprint density at radius 3 is 1.85 bits per heavy atom. The zero-order chi connectivity index (χ0) is 25.0. The van der Waals surface area contributed by atoms with Gasteiger partial charge in [-0.15, -0.1) is 0 Å². The van der Waals surface area contributed by atoms with Gasteiger partial charge in [-0.1, -0.05) is 80.4 Å². The van der Waals surface area contributed by atoms with Crippen molar-refractivity contribution in [2.45, 2.75) is 112 Å². The maximum absolute atomic E-state index is 13.4. The highest BCUT2D eigenvalue weighted by atomic mass is 16.5. The summed E-state index contributed by atoms with van der Waals surface area (Å²) < 4.78 is 6.07. The van der Waals surface area contributed by atoms with Crippen molar-refractivity contribution in [3.05, 3.63) is 57.6 Å². The van der Waals surface area contributed by atoms with Crippen molar-refractivity contribution < 1.29 is 14.6 Å². The molecule has 0 bridgehead atoms. The number of carbonyl (C=O) groups is 1. The molecular formula is C30H44O3. The number of ether oxygens (including phenoxy) is 1. The SMILES string of the molecule is CCCCc1cc(C)c(OC(=O)c2cc(C(C)(C)C)c(O)c(C(C)(C)C)c2)c(CCCC)c1. The minimum atomic E-state index is -0.367. The Morgan fingerprint density at radius 2 is 1.36 bits per heavy atom. The van der Waals surface area contributed by atoms with Gasteiger partial charge in [-0.25, -0.2) is 4.79 Å². The maximum Gasteiger partial charge on any atom is 0.343 e. The Morgan fingerprint density at radius 1 is 0.848 bits per heavy atom. The molecule has 0 aliphatic carbocycles. The van der Waals surface area contributed by atoms with Gasteiger partial charge in [0.1, 0.15) is 11.5 Å². The van der Waals surface area contributed by atoms with Gasteiger partial charge >= 0.3 is 5.97 Å². The Bertz CT molecular complexity index is 936. The lowest BCUT2D eigenvalue weighted by Gasteiger charge is -2.28. The van der Waals surface area contributed by atoms with E-state index >= 15 is 0 Å². The van der Waals surface area contributed by atoms with Gasteiger partial charge in [0.2, 0.25) is 0 Å². The molecular weight excluding hydrogens is 408 g/mol. The summed E-state index contributed by atoms with van der Waals surface area (Å²) in [6.45, 7) is 18.7. The van der Waals surface area contributed by atoms with Crippen LogP contribution in [0.3, 0.4) is 0 Å². The summed E-state index contributed by atoms with van der Waals surface area (Å²) in [7, 11) is 0. The molecule has 3 nitrogen and oxygen atoms in total. The van der Waals surface area contributed by atoms with Crippen LogP contribution in [0.4, 0.5) is 0 Å². The largest absolute Gasteiger partial charge is 0.507 e. The van der Waals surface area contributed by atoms with Crippen molar-refractivity contribution in [3.63, 3.8) is 0 Å². The molecule has 0 aliphatic heterocycles. The van der Waals surface area contributed by atoms with E-state index in [4.69, 9.17) is 4.74 Å². The standard InChI is InChI=1S/C30H44O3/c1-10-12-14-21-16-20(3)27(22(17-21)15-13-11-2)33-28(32)23-18-24(29(4,5)6)26(31)25(19-23)30(7,8)9/h16-19,31H,10-15H2,1-9H3. The average molecular weight is 453 g/mol. The molecule has 0 radical (unpaired) electrons. The van der Waals surface area contributed by atoms with Gasteiger partial charge in [-0.2, -0.15) is 0 Å². The van der Waals surface area contributed by atoms with Crippen LogP contribution in [0.1, 0.15) is 119 Å². The van der Waals surface area contributed by atoms with Crippen molar-refractivity contribution in [2.24, 2.45) is 0 Å². The van der Waals surface area contributed by atoms with Gasteiger partial charge in [-0.05, 0) is 72.3 Å². The molecule has 2 rings (SSSR count). The third-order valence-electron chi connectivity index (χ3n) is 6.19. The van der Waals surface area contributed by atoms with E-state index in [-0.39, 0.29) is 22.5 Å². The highest BCUT2D eigenvalue weighted by Crippen LogP contribution is 2.40. The van der Waals surface area contributed by atoms with Crippen molar-refractivity contribution in [1.29, 1.82) is 0 Å². The number of benzene rings is 2. The number of esters is 1. The van der Waals surface area contributed by atoms with E-state index < -0.39 is 0 Å². The van der Waals surface area contributed by atoms with Gasteiger partial charge in [0.05, 0.1) is 5.56 Å². The van der Waals surface area contributed by atoms with Crippen LogP contribution in [-0.4, -0.2) is 11.1 Å². The fourth-order valence-corrected chi connectivity index (χ4v) is 4.20. The molecule has 0 unspecified atom stereocenters. The second-order valence-corrected chi connectivity index (χ2v) is 11.4. The molecule has 0 atom stereocenters. The molecule has 1 N–H and O–H groups in total. The smallest absolute Gasteiger partial charge is 0.343 e. The molecule has 182 valence electrons. The number of aryl methyl sites for hydroxylation is 3. The Balaban J connectivity index is 2.53. The van der Waals surface area contributed by atoms with Gasteiger partial charge in [0.15, 0.2) is 0 Å². The molecule has 2 aromatic carbocycles. The van der Waals surface area contributed by atoms with E-state index in [9.17, 15) is 9.90 Å². The van der Waals surface area contributed by atoms with E-state index in [2.05, 4.69) is 26.0 Å². The Kier molecular flexibility index (Phi) is 8.79. The predicted octanol–water partition coefficient (Wildman–Crippen LogP) is 8.20. The summed E-state index contributed by atoms with van der Waals surface area (Å²) >= 11 is 0. The van der Waals surface area contributed by atoms with Gasteiger partial charge in [-0.3, -0.25) is 0 Å². The fourth-order valence-electron chi connectivity index (χ4n) is 4.20. The third kappa shape index (κ3) is 6.85. The number of phenolic OH excluding ortho intramolecular Hbond substituents is 1. The summed E-state index contributed by atoms with van der Waals surface area (Å²) in [6, 6.07) is 7.97. The van der Waals surface area contributed by atoms with Crippen LogP contribution in [-0.2, 0) is 23.7 Å². The minimum Gasteiger partial charge on any atom is -0.507 e. The lowest BCUT2D eigenvalue weighted by molar-refractivity contribution is 0.0731. The third-order valence-corrected chi connectivity index (χ3v) is 6.19. The lowest BCUT2D eigenvalue weighted by Crippen LogP contribution is -2.20. The number of carbonyl (C=O) groups excluding carboxylic acids is 1. The molecule has 0 fully saturated rings. The summed E-state index contributed by atoms with van der Waals surface area (Å²) in [6.07, 6.45) is 6.41. The molecule has 33 heavy (non-hydrogen) atoms. The normalized spacial score (nSPS) is 12.2. The van der Waals surface area contributed by atoms with E-state index in [1.54, 1.807) is 12.1 Å². The summed E-state index contributed by atoms with van der Waals surface area (Å²) in [5.74, 6) is 0.594. The van der Waals surface area contributed by atoms with Gasteiger partial charge in [0, 0.05) is 11.1 Å². The number of unbranched alkanes of at least 4 members (excludes halogenated alkanes) is 2. The quantitative estimate of drug-likeness (QED) is 0.324. The Labute approximate surface area is 201 Å². The number of hydrogen-bond acceptors (Lipinski definition) is 3.